The zero-order valence-corrected chi connectivity index (χ0v) is 16.2. The molecule has 1 aromatic heterocycles. The standard InChI is InChI=1S/C21H21NO5S/c1-27-20-13(17-7-10-6-12(23)8-16(10)28-17)4-5-14-18(20)22(11-2-3-11)9-15(19(14)24)21(25)26/h4-5,7,9-12,16,23H,2-3,6,8H2,1H3,(H,25,26). The predicted molar refractivity (Wildman–Crippen MR) is 108 cm³/mol. The van der Waals surface area contributed by atoms with Crippen molar-refractivity contribution >= 4 is 33.5 Å². The number of carboxylic acids is 1. The number of benzene rings is 1. The van der Waals surface area contributed by atoms with Crippen LogP contribution in [0.4, 0.5) is 0 Å². The van der Waals surface area contributed by atoms with Gasteiger partial charge in [0.15, 0.2) is 5.75 Å². The number of fused-ring (bicyclic) bond motifs is 2. The van der Waals surface area contributed by atoms with Crippen LogP contribution < -0.4 is 10.2 Å². The van der Waals surface area contributed by atoms with Gasteiger partial charge in [-0.1, -0.05) is 6.08 Å². The van der Waals surface area contributed by atoms with E-state index >= 15 is 0 Å². The number of nitrogens with zero attached hydrogens (tertiary/aromatic N) is 1. The van der Waals surface area contributed by atoms with Gasteiger partial charge in [0.2, 0.25) is 5.43 Å². The molecule has 3 unspecified atom stereocenters. The number of hydrogen-bond acceptors (Lipinski definition) is 5. The number of methoxy groups -OCH3 is 1. The maximum atomic E-state index is 12.8. The van der Waals surface area contributed by atoms with E-state index in [2.05, 4.69) is 6.08 Å². The zero-order valence-electron chi connectivity index (χ0n) is 15.4. The molecule has 2 N–H and O–H groups in total. The van der Waals surface area contributed by atoms with E-state index < -0.39 is 11.4 Å². The van der Waals surface area contributed by atoms with Crippen LogP contribution >= 0.6 is 11.8 Å². The fourth-order valence-corrected chi connectivity index (χ4v) is 6.03. The van der Waals surface area contributed by atoms with Crippen LogP contribution in [0.3, 0.4) is 0 Å². The molecule has 28 heavy (non-hydrogen) atoms. The number of aliphatic hydroxyl groups is 1. The molecule has 0 bridgehead atoms. The van der Waals surface area contributed by atoms with Crippen molar-refractivity contribution < 1.29 is 19.7 Å². The first-order valence-electron chi connectivity index (χ1n) is 9.54. The smallest absolute Gasteiger partial charge is 0.341 e. The van der Waals surface area contributed by atoms with Crippen molar-refractivity contribution in [3.05, 3.63) is 45.8 Å². The van der Waals surface area contributed by atoms with Crippen molar-refractivity contribution in [2.45, 2.75) is 43.1 Å². The van der Waals surface area contributed by atoms with Gasteiger partial charge in [-0.25, -0.2) is 4.79 Å². The molecular weight excluding hydrogens is 378 g/mol. The Bertz CT molecular complexity index is 1080. The van der Waals surface area contributed by atoms with Gasteiger partial charge in [-0.3, -0.25) is 4.79 Å². The summed E-state index contributed by atoms with van der Waals surface area (Å²) in [5.74, 6) is -0.224. The average Bonchev–Trinajstić information content (AvgIpc) is 3.34. The van der Waals surface area contributed by atoms with E-state index in [1.165, 1.54) is 6.20 Å². The van der Waals surface area contributed by atoms with Crippen molar-refractivity contribution in [1.82, 2.24) is 4.57 Å². The van der Waals surface area contributed by atoms with E-state index in [0.717, 1.165) is 36.2 Å². The molecule has 2 heterocycles. The molecule has 0 spiro atoms. The quantitative estimate of drug-likeness (QED) is 0.820. The third-order valence-electron chi connectivity index (χ3n) is 5.96. The van der Waals surface area contributed by atoms with E-state index in [1.807, 2.05) is 10.6 Å². The van der Waals surface area contributed by atoms with Crippen LogP contribution in [0.5, 0.6) is 5.75 Å². The lowest BCUT2D eigenvalue weighted by Gasteiger charge is -2.18. The number of rotatable bonds is 4. The Morgan fingerprint density at radius 3 is 2.71 bits per heavy atom. The maximum absolute atomic E-state index is 12.8. The second-order valence-corrected chi connectivity index (χ2v) is 9.12. The Morgan fingerprint density at radius 1 is 1.29 bits per heavy atom. The third kappa shape index (κ3) is 2.68. The van der Waals surface area contributed by atoms with Gasteiger partial charge < -0.3 is 19.5 Å². The monoisotopic (exact) mass is 399 g/mol. The Hall–Kier alpha value is -2.25. The summed E-state index contributed by atoms with van der Waals surface area (Å²) in [6.07, 6.45) is 6.95. The number of hydrogen-bond donors (Lipinski definition) is 2. The number of aliphatic hydroxyl groups excluding tert-OH is 1. The minimum atomic E-state index is -1.20. The predicted octanol–water partition coefficient (Wildman–Crippen LogP) is 3.27. The van der Waals surface area contributed by atoms with E-state index in [9.17, 15) is 19.8 Å². The summed E-state index contributed by atoms with van der Waals surface area (Å²) in [5, 5.41) is 20.1. The molecular formula is C21H21NO5S. The molecule has 7 heteroatoms. The van der Waals surface area contributed by atoms with Crippen LogP contribution in [0.1, 0.15) is 47.6 Å². The number of aromatic carboxylic acids is 1. The van der Waals surface area contributed by atoms with Gasteiger partial charge in [-0.05, 0) is 43.7 Å². The molecule has 3 aliphatic rings. The number of carbonyl (C=O) groups is 1. The number of carboxylic acid groups (broad SMARTS) is 1. The minimum Gasteiger partial charge on any atom is -0.494 e. The highest BCUT2D eigenvalue weighted by Crippen LogP contribution is 2.52. The summed E-state index contributed by atoms with van der Waals surface area (Å²) in [6, 6.07) is 3.79. The summed E-state index contributed by atoms with van der Waals surface area (Å²) < 4.78 is 7.69. The summed E-state index contributed by atoms with van der Waals surface area (Å²) in [5.41, 5.74) is 0.932. The first kappa shape index (κ1) is 17.8. The van der Waals surface area contributed by atoms with Gasteiger partial charge in [0.25, 0.3) is 0 Å². The molecule has 2 aliphatic carbocycles. The van der Waals surface area contributed by atoms with Crippen LogP contribution in [-0.4, -0.2) is 39.2 Å². The van der Waals surface area contributed by atoms with Gasteiger partial charge in [0, 0.05) is 28.0 Å². The normalized spacial score (nSPS) is 26.4. The number of ether oxygens (including phenoxy) is 1. The van der Waals surface area contributed by atoms with Crippen LogP contribution in [0.25, 0.3) is 15.8 Å². The molecule has 1 aliphatic heterocycles. The molecule has 3 atom stereocenters. The number of aromatic nitrogens is 1. The van der Waals surface area contributed by atoms with Crippen LogP contribution in [0, 0.1) is 5.92 Å². The average molecular weight is 399 g/mol. The van der Waals surface area contributed by atoms with Gasteiger partial charge in [-0.15, -0.1) is 11.8 Å². The maximum Gasteiger partial charge on any atom is 0.341 e. The van der Waals surface area contributed by atoms with Crippen LogP contribution in [-0.2, 0) is 0 Å². The Labute approximate surface area is 165 Å². The molecule has 2 saturated carbocycles. The zero-order chi connectivity index (χ0) is 19.6. The van der Waals surface area contributed by atoms with Gasteiger partial charge >= 0.3 is 5.97 Å². The second kappa shape index (κ2) is 6.39. The van der Waals surface area contributed by atoms with E-state index in [1.54, 1.807) is 24.9 Å². The number of thioether (sulfide) groups is 1. The fraction of sp³-hybridized carbons (Fsp3) is 0.429. The lowest BCUT2D eigenvalue weighted by atomic mass is 10.0. The lowest BCUT2D eigenvalue weighted by Crippen LogP contribution is -2.19. The van der Waals surface area contributed by atoms with E-state index in [-0.39, 0.29) is 17.7 Å². The molecule has 146 valence electrons. The molecule has 2 fully saturated rings. The summed E-state index contributed by atoms with van der Waals surface area (Å²) in [4.78, 5) is 25.4. The summed E-state index contributed by atoms with van der Waals surface area (Å²) in [6.45, 7) is 0. The number of pyridine rings is 1. The first-order chi connectivity index (χ1) is 13.5. The second-order valence-electron chi connectivity index (χ2n) is 7.83. The van der Waals surface area contributed by atoms with E-state index in [4.69, 9.17) is 4.74 Å². The van der Waals surface area contributed by atoms with Crippen molar-refractivity contribution in [3.63, 3.8) is 0 Å². The van der Waals surface area contributed by atoms with Crippen molar-refractivity contribution in [3.8, 4) is 5.75 Å². The highest BCUT2D eigenvalue weighted by atomic mass is 32.2. The highest BCUT2D eigenvalue weighted by Gasteiger charge is 2.38. The van der Waals surface area contributed by atoms with Crippen molar-refractivity contribution in [2.24, 2.45) is 5.92 Å². The molecule has 5 rings (SSSR count). The van der Waals surface area contributed by atoms with E-state index in [0.29, 0.717) is 27.8 Å². The Morgan fingerprint density at radius 2 is 2.07 bits per heavy atom. The third-order valence-corrected chi connectivity index (χ3v) is 7.41. The molecule has 0 amide bonds. The SMILES string of the molecule is COc1c(C2=CC3CC(O)CC3S2)ccc2c(=O)c(C(=O)O)cn(C3CC3)c12. The highest BCUT2D eigenvalue weighted by molar-refractivity contribution is 8.09. The lowest BCUT2D eigenvalue weighted by molar-refractivity contribution is 0.0694. The summed E-state index contributed by atoms with van der Waals surface area (Å²) >= 11 is 1.76. The molecule has 6 nitrogen and oxygen atoms in total. The largest absolute Gasteiger partial charge is 0.494 e. The molecule has 0 radical (unpaired) electrons. The fourth-order valence-electron chi connectivity index (χ4n) is 4.48. The molecule has 2 aromatic rings. The molecule has 1 aromatic carbocycles. The van der Waals surface area contributed by atoms with Crippen molar-refractivity contribution in [2.75, 3.05) is 7.11 Å². The van der Waals surface area contributed by atoms with Crippen LogP contribution in [0.2, 0.25) is 0 Å². The van der Waals surface area contributed by atoms with Gasteiger partial charge in [0.1, 0.15) is 5.56 Å². The van der Waals surface area contributed by atoms with Crippen molar-refractivity contribution in [1.29, 1.82) is 0 Å². The van der Waals surface area contributed by atoms with Gasteiger partial charge in [0.05, 0.1) is 24.1 Å². The minimum absolute atomic E-state index is 0.199. The number of allylic oxidation sites excluding steroid dienone is 1. The molecule has 0 saturated heterocycles. The first-order valence-corrected chi connectivity index (χ1v) is 10.4. The van der Waals surface area contributed by atoms with Gasteiger partial charge in [-0.2, -0.15) is 0 Å². The Balaban J connectivity index is 1.72. The van der Waals surface area contributed by atoms with Crippen LogP contribution in [0.15, 0.2) is 29.2 Å². The Kier molecular flexibility index (Phi) is 4.07. The summed E-state index contributed by atoms with van der Waals surface area (Å²) in [7, 11) is 1.59. The topological polar surface area (TPSA) is 88.8 Å².